The van der Waals surface area contributed by atoms with E-state index < -0.39 is 22.0 Å². The second-order valence-electron chi connectivity index (χ2n) is 6.92. The van der Waals surface area contributed by atoms with Gasteiger partial charge in [0.15, 0.2) is 0 Å². The lowest BCUT2D eigenvalue weighted by molar-refractivity contribution is -0.118. The Morgan fingerprint density at radius 3 is 2.28 bits per heavy atom. The minimum atomic E-state index is -3.83. The lowest BCUT2D eigenvalue weighted by atomic mass is 10.1. The van der Waals surface area contributed by atoms with E-state index in [-0.39, 0.29) is 10.8 Å². The van der Waals surface area contributed by atoms with Crippen LogP contribution in [0.3, 0.4) is 0 Å². The molecule has 0 aliphatic rings. The SMILES string of the molecule is Cc1ccc(-c2nnc(NC(=O)C(NS(=O)(=O)c3ccccc3)C(C)C)s2)cc1. The Morgan fingerprint density at radius 1 is 1.00 bits per heavy atom. The van der Waals surface area contributed by atoms with Crippen LogP contribution < -0.4 is 10.0 Å². The van der Waals surface area contributed by atoms with Gasteiger partial charge in [0, 0.05) is 5.56 Å². The molecule has 1 aromatic heterocycles. The van der Waals surface area contributed by atoms with Crippen molar-refractivity contribution in [2.75, 3.05) is 5.32 Å². The van der Waals surface area contributed by atoms with E-state index in [1.807, 2.05) is 31.2 Å². The lowest BCUT2D eigenvalue weighted by Gasteiger charge is -2.20. The summed E-state index contributed by atoms with van der Waals surface area (Å²) in [6.45, 7) is 5.54. The number of rotatable bonds is 7. The summed E-state index contributed by atoms with van der Waals surface area (Å²) in [7, 11) is -3.83. The quantitative estimate of drug-likeness (QED) is 0.598. The number of hydrogen-bond donors (Lipinski definition) is 2. The second kappa shape index (κ2) is 8.81. The molecule has 0 aliphatic heterocycles. The Morgan fingerprint density at radius 2 is 1.66 bits per heavy atom. The predicted molar refractivity (Wildman–Crippen MR) is 114 cm³/mol. The fourth-order valence-corrected chi connectivity index (χ4v) is 4.71. The number of sulfonamides is 1. The van der Waals surface area contributed by atoms with E-state index in [0.717, 1.165) is 11.1 Å². The molecule has 0 saturated carbocycles. The third-order valence-electron chi connectivity index (χ3n) is 4.24. The summed E-state index contributed by atoms with van der Waals surface area (Å²) in [4.78, 5) is 12.9. The molecule has 1 unspecified atom stereocenters. The highest BCUT2D eigenvalue weighted by atomic mass is 32.2. The Bertz CT molecular complexity index is 1080. The van der Waals surface area contributed by atoms with Crippen molar-refractivity contribution in [3.63, 3.8) is 0 Å². The van der Waals surface area contributed by atoms with Gasteiger partial charge in [0.05, 0.1) is 4.90 Å². The van der Waals surface area contributed by atoms with Crippen LogP contribution in [0.15, 0.2) is 59.5 Å². The molecular formula is C20H22N4O3S2. The van der Waals surface area contributed by atoms with Gasteiger partial charge >= 0.3 is 0 Å². The van der Waals surface area contributed by atoms with E-state index in [2.05, 4.69) is 20.2 Å². The van der Waals surface area contributed by atoms with E-state index >= 15 is 0 Å². The number of nitrogens with zero attached hydrogens (tertiary/aromatic N) is 2. The average Bonchev–Trinajstić information content (AvgIpc) is 3.15. The highest BCUT2D eigenvalue weighted by Gasteiger charge is 2.29. The number of nitrogens with one attached hydrogen (secondary N) is 2. The van der Waals surface area contributed by atoms with Gasteiger partial charge in [-0.3, -0.25) is 10.1 Å². The Balaban J connectivity index is 1.74. The first-order valence-electron chi connectivity index (χ1n) is 9.05. The first-order valence-corrected chi connectivity index (χ1v) is 11.3. The number of carbonyl (C=O) groups is 1. The van der Waals surface area contributed by atoms with Gasteiger partial charge < -0.3 is 0 Å². The minimum Gasteiger partial charge on any atom is -0.299 e. The van der Waals surface area contributed by atoms with E-state index in [1.54, 1.807) is 32.0 Å². The number of anilines is 1. The van der Waals surface area contributed by atoms with Gasteiger partial charge in [-0.1, -0.05) is 73.2 Å². The van der Waals surface area contributed by atoms with Crippen molar-refractivity contribution >= 4 is 32.4 Å². The zero-order valence-electron chi connectivity index (χ0n) is 16.3. The zero-order chi connectivity index (χ0) is 21.0. The number of amides is 1. The van der Waals surface area contributed by atoms with Crippen LogP contribution in [0.1, 0.15) is 19.4 Å². The van der Waals surface area contributed by atoms with Gasteiger partial charge in [-0.15, -0.1) is 10.2 Å². The normalized spacial score (nSPS) is 12.7. The molecule has 152 valence electrons. The van der Waals surface area contributed by atoms with Gasteiger partial charge in [0.1, 0.15) is 11.0 Å². The van der Waals surface area contributed by atoms with Crippen molar-refractivity contribution in [1.29, 1.82) is 0 Å². The third-order valence-corrected chi connectivity index (χ3v) is 6.58. The Hall–Kier alpha value is -2.62. The Labute approximate surface area is 174 Å². The van der Waals surface area contributed by atoms with E-state index in [0.29, 0.717) is 10.1 Å². The molecule has 1 amide bonds. The largest absolute Gasteiger partial charge is 0.299 e. The predicted octanol–water partition coefficient (Wildman–Crippen LogP) is 3.46. The fraction of sp³-hybridized carbons (Fsp3) is 0.250. The summed E-state index contributed by atoms with van der Waals surface area (Å²) in [5.41, 5.74) is 2.04. The molecule has 3 aromatic rings. The molecule has 7 nitrogen and oxygen atoms in total. The summed E-state index contributed by atoms with van der Waals surface area (Å²) in [5.74, 6) is -0.746. The van der Waals surface area contributed by atoms with Crippen LogP contribution in [0, 0.1) is 12.8 Å². The molecule has 3 rings (SSSR count). The zero-order valence-corrected chi connectivity index (χ0v) is 17.9. The van der Waals surface area contributed by atoms with Crippen molar-refractivity contribution in [2.45, 2.75) is 31.7 Å². The number of aromatic nitrogens is 2. The smallest absolute Gasteiger partial charge is 0.244 e. The van der Waals surface area contributed by atoms with Crippen LogP contribution >= 0.6 is 11.3 Å². The van der Waals surface area contributed by atoms with Crippen molar-refractivity contribution < 1.29 is 13.2 Å². The molecule has 2 aromatic carbocycles. The molecule has 0 aliphatic carbocycles. The molecular weight excluding hydrogens is 408 g/mol. The molecule has 1 atom stereocenters. The highest BCUT2D eigenvalue weighted by Crippen LogP contribution is 2.26. The molecule has 29 heavy (non-hydrogen) atoms. The van der Waals surface area contributed by atoms with Gasteiger partial charge in [-0.05, 0) is 25.0 Å². The van der Waals surface area contributed by atoms with Crippen molar-refractivity contribution in [1.82, 2.24) is 14.9 Å². The van der Waals surface area contributed by atoms with Crippen LogP contribution in [0.2, 0.25) is 0 Å². The molecule has 0 saturated heterocycles. The fourth-order valence-electron chi connectivity index (χ4n) is 2.60. The summed E-state index contributed by atoms with van der Waals surface area (Å²) in [6, 6.07) is 14.8. The van der Waals surface area contributed by atoms with Crippen LogP contribution in [-0.4, -0.2) is 30.6 Å². The van der Waals surface area contributed by atoms with Crippen molar-refractivity contribution in [2.24, 2.45) is 5.92 Å². The van der Waals surface area contributed by atoms with Crippen LogP contribution in [0.5, 0.6) is 0 Å². The van der Waals surface area contributed by atoms with Gasteiger partial charge in [0.2, 0.25) is 21.1 Å². The molecule has 0 radical (unpaired) electrons. The first kappa shape index (κ1) is 21.1. The molecule has 0 bridgehead atoms. The number of carbonyl (C=O) groups excluding carboxylic acids is 1. The van der Waals surface area contributed by atoms with E-state index in [9.17, 15) is 13.2 Å². The lowest BCUT2D eigenvalue weighted by Crippen LogP contribution is -2.47. The number of hydrogen-bond acceptors (Lipinski definition) is 6. The molecule has 0 fully saturated rings. The molecule has 2 N–H and O–H groups in total. The summed E-state index contributed by atoms with van der Waals surface area (Å²) >= 11 is 1.23. The van der Waals surface area contributed by atoms with E-state index in [4.69, 9.17) is 0 Å². The minimum absolute atomic E-state index is 0.107. The maximum Gasteiger partial charge on any atom is 0.244 e. The van der Waals surface area contributed by atoms with Crippen molar-refractivity contribution in [3.05, 3.63) is 60.2 Å². The average molecular weight is 431 g/mol. The van der Waals surface area contributed by atoms with Crippen LogP contribution in [0.25, 0.3) is 10.6 Å². The number of benzene rings is 2. The monoisotopic (exact) mass is 430 g/mol. The summed E-state index contributed by atoms with van der Waals surface area (Å²) < 4.78 is 27.7. The second-order valence-corrected chi connectivity index (χ2v) is 9.62. The molecule has 0 spiro atoms. The van der Waals surface area contributed by atoms with Gasteiger partial charge in [-0.2, -0.15) is 4.72 Å². The molecule has 1 heterocycles. The third kappa shape index (κ3) is 5.26. The highest BCUT2D eigenvalue weighted by molar-refractivity contribution is 7.89. The standard InChI is InChI=1S/C20H22N4O3S2/c1-13(2)17(24-29(26,27)16-7-5-4-6-8-16)18(25)21-20-23-22-19(28-20)15-11-9-14(3)10-12-15/h4-13,17,24H,1-3H3,(H,21,23,25). The maximum atomic E-state index is 12.8. The van der Waals surface area contributed by atoms with Gasteiger partial charge in [-0.25, -0.2) is 8.42 Å². The van der Waals surface area contributed by atoms with Gasteiger partial charge in [0.25, 0.3) is 0 Å². The summed E-state index contributed by atoms with van der Waals surface area (Å²) in [5, 5.41) is 11.8. The molecule has 9 heteroatoms. The topological polar surface area (TPSA) is 101 Å². The maximum absolute atomic E-state index is 12.8. The van der Waals surface area contributed by atoms with E-state index in [1.165, 1.54) is 23.5 Å². The van der Waals surface area contributed by atoms with Crippen molar-refractivity contribution in [3.8, 4) is 10.6 Å². The van der Waals surface area contributed by atoms with Crippen LogP contribution in [-0.2, 0) is 14.8 Å². The summed E-state index contributed by atoms with van der Waals surface area (Å²) in [6.07, 6.45) is 0. The Kier molecular flexibility index (Phi) is 6.41. The number of aryl methyl sites for hydroxylation is 1. The first-order chi connectivity index (χ1) is 13.8. The van der Waals surface area contributed by atoms with Crippen LogP contribution in [0.4, 0.5) is 5.13 Å².